The fourth-order valence-electron chi connectivity index (χ4n) is 6.58. The summed E-state index contributed by atoms with van der Waals surface area (Å²) in [5, 5.41) is 4.19. The maximum atomic E-state index is 4.70. The molecular weight excluding hydrogens is 729 g/mol. The zero-order valence-electron chi connectivity index (χ0n) is 31.2. The van der Waals surface area contributed by atoms with Crippen molar-refractivity contribution in [3.05, 3.63) is 162 Å². The zero-order valence-corrected chi connectivity index (χ0v) is 34.6. The molecule has 0 aromatic heterocycles. The molecule has 5 aromatic rings. The SMILES string of the molecule is CC(C)c1cccc(C(C)C)c1N1C=CN(c2c(C(C)C)cccc2C(C)C)C1.[Cl][Ni][Cl].c1ccc(P(c2ccccc2)c2ccccc2)cc1. The molecule has 0 N–H and O–H groups in total. The van der Waals surface area contributed by atoms with Gasteiger partial charge in [0.1, 0.15) is 0 Å². The molecule has 0 bridgehead atoms. The van der Waals surface area contributed by atoms with E-state index < -0.39 is 7.92 Å². The summed E-state index contributed by atoms with van der Waals surface area (Å²) in [4.78, 5) is 4.90. The first-order valence-electron chi connectivity index (χ1n) is 17.8. The molecule has 0 fully saturated rings. The molecule has 6 heteroatoms. The number of hydrogen-bond acceptors (Lipinski definition) is 2. The summed E-state index contributed by atoms with van der Waals surface area (Å²) < 4.78 is 0. The van der Waals surface area contributed by atoms with Crippen molar-refractivity contribution in [1.82, 2.24) is 0 Å². The van der Waals surface area contributed by atoms with Gasteiger partial charge in [0, 0.05) is 23.8 Å². The van der Waals surface area contributed by atoms with E-state index in [2.05, 4.69) is 205 Å². The zero-order chi connectivity index (χ0) is 36.9. The molecule has 1 aliphatic heterocycles. The molecule has 0 atom stereocenters. The van der Waals surface area contributed by atoms with Crippen molar-refractivity contribution in [2.45, 2.75) is 79.1 Å². The second-order valence-corrected chi connectivity index (χ2v) is 17.8. The van der Waals surface area contributed by atoms with E-state index in [0.717, 1.165) is 6.67 Å². The molecular formula is C45H53Cl2N2NiP. The summed E-state index contributed by atoms with van der Waals surface area (Å²) in [5.41, 5.74) is 8.52. The van der Waals surface area contributed by atoms with Crippen LogP contribution in [0.15, 0.2) is 140 Å². The maximum absolute atomic E-state index is 4.70. The minimum atomic E-state index is -0.446. The minimum absolute atomic E-state index is 0.446. The first-order chi connectivity index (χ1) is 24.6. The van der Waals surface area contributed by atoms with Crippen molar-refractivity contribution in [2.75, 3.05) is 16.5 Å². The average Bonchev–Trinajstić information content (AvgIpc) is 3.63. The summed E-state index contributed by atoms with van der Waals surface area (Å²) in [5.74, 6) is 2.00. The van der Waals surface area contributed by atoms with Crippen LogP contribution in [0.3, 0.4) is 0 Å². The summed E-state index contributed by atoms with van der Waals surface area (Å²) in [7, 11) is 8.96. The van der Waals surface area contributed by atoms with Crippen LogP contribution < -0.4 is 25.7 Å². The molecule has 0 saturated carbocycles. The third-order valence-electron chi connectivity index (χ3n) is 9.03. The predicted octanol–water partition coefficient (Wildman–Crippen LogP) is 12.8. The number of halogens is 2. The predicted molar refractivity (Wildman–Crippen MR) is 225 cm³/mol. The number of nitrogens with zero attached hydrogens (tertiary/aromatic N) is 2. The molecule has 0 amide bonds. The van der Waals surface area contributed by atoms with E-state index in [1.54, 1.807) is 0 Å². The van der Waals surface area contributed by atoms with E-state index in [-0.39, 0.29) is 0 Å². The van der Waals surface area contributed by atoms with E-state index in [1.807, 2.05) is 0 Å². The van der Waals surface area contributed by atoms with Gasteiger partial charge in [0.05, 0.1) is 6.67 Å². The van der Waals surface area contributed by atoms with Crippen LogP contribution in [-0.2, 0) is 12.7 Å². The molecule has 6 rings (SSSR count). The topological polar surface area (TPSA) is 6.48 Å². The molecule has 0 saturated heterocycles. The van der Waals surface area contributed by atoms with Gasteiger partial charge in [-0.2, -0.15) is 0 Å². The van der Waals surface area contributed by atoms with Crippen molar-refractivity contribution in [3.63, 3.8) is 0 Å². The van der Waals surface area contributed by atoms with Crippen LogP contribution in [0.4, 0.5) is 11.4 Å². The molecule has 0 unspecified atom stereocenters. The minimum Gasteiger partial charge on any atom is -0.0622 e. The van der Waals surface area contributed by atoms with Gasteiger partial charge in [-0.3, -0.25) is 0 Å². The van der Waals surface area contributed by atoms with Crippen molar-refractivity contribution in [1.29, 1.82) is 0 Å². The Bertz CT molecular complexity index is 1580. The molecule has 1 aliphatic rings. The largest absolute Gasteiger partial charge is 0.0622 e. The summed E-state index contributed by atoms with van der Waals surface area (Å²) >= 11 is 0.569. The van der Waals surface area contributed by atoms with E-state index in [9.17, 15) is 0 Å². The molecule has 0 aliphatic carbocycles. The Hall–Kier alpha value is -3.06. The second-order valence-electron chi connectivity index (χ2n) is 14.0. The monoisotopic (exact) mass is 780 g/mol. The summed E-state index contributed by atoms with van der Waals surface area (Å²) in [6.07, 6.45) is 4.54. The van der Waals surface area contributed by atoms with Gasteiger partial charge in [0.15, 0.2) is 0 Å². The van der Waals surface area contributed by atoms with Crippen LogP contribution >= 0.6 is 28.3 Å². The number of para-hydroxylation sites is 2. The van der Waals surface area contributed by atoms with Crippen LogP contribution in [-0.4, -0.2) is 6.67 Å². The molecule has 51 heavy (non-hydrogen) atoms. The van der Waals surface area contributed by atoms with Gasteiger partial charge in [-0.15, -0.1) is 0 Å². The van der Waals surface area contributed by atoms with E-state index in [4.69, 9.17) is 20.4 Å². The van der Waals surface area contributed by atoms with E-state index >= 15 is 0 Å². The molecule has 272 valence electrons. The van der Waals surface area contributed by atoms with Gasteiger partial charge in [-0.05, 0) is 69.8 Å². The molecule has 5 aromatic carbocycles. The van der Waals surface area contributed by atoms with Crippen LogP contribution in [0.2, 0.25) is 0 Å². The van der Waals surface area contributed by atoms with Crippen LogP contribution in [0.25, 0.3) is 0 Å². The standard InChI is InChI=1S/C27H38N2.C18H15P.2ClH.Ni/c1-18(2)22-11-9-12-23(19(3)4)26(22)28-15-16-29(17-28)27-24(20(5)6)13-10-14-25(27)21(7)8;1-4-10-16(11-5-1)19(17-12-6-2-7-13-17)18-14-8-3-9-15-18;;;/h9-16,18-21H,17H2,1-8H3;1-15H;2*1H;/q;;;;+2/p-2. The molecule has 0 spiro atoms. The van der Waals surface area contributed by atoms with Crippen LogP contribution in [0.1, 0.15) is 101 Å². The summed E-state index contributed by atoms with van der Waals surface area (Å²) in [6.45, 7) is 19.2. The Labute approximate surface area is 324 Å². The third-order valence-corrected chi connectivity index (χ3v) is 11.5. The second kappa shape index (κ2) is 20.3. The van der Waals surface area contributed by atoms with Crippen molar-refractivity contribution < 1.29 is 12.7 Å². The first kappa shape index (κ1) is 40.7. The number of benzene rings is 5. The average molecular weight is 783 g/mol. The maximum Gasteiger partial charge on any atom is -0.0134 e. The Morgan fingerprint density at radius 1 is 0.431 bits per heavy atom. The Balaban J connectivity index is 0.000000228. The van der Waals surface area contributed by atoms with Crippen molar-refractivity contribution in [3.8, 4) is 0 Å². The summed E-state index contributed by atoms with van der Waals surface area (Å²) in [6, 6.07) is 45.9. The van der Waals surface area contributed by atoms with Gasteiger partial charge in [0.25, 0.3) is 0 Å². The van der Waals surface area contributed by atoms with Crippen LogP contribution in [0, 0.1) is 0 Å². The quantitative estimate of drug-likeness (QED) is 0.109. The van der Waals surface area contributed by atoms with Gasteiger partial charge in [-0.25, -0.2) is 0 Å². The van der Waals surface area contributed by atoms with Gasteiger partial charge >= 0.3 is 33.0 Å². The normalized spacial score (nSPS) is 12.5. The third kappa shape index (κ3) is 10.7. The Kier molecular flexibility index (Phi) is 16.2. The van der Waals surface area contributed by atoms with Crippen molar-refractivity contribution in [2.24, 2.45) is 0 Å². The van der Waals surface area contributed by atoms with Crippen LogP contribution in [0.5, 0.6) is 0 Å². The molecule has 0 radical (unpaired) electrons. The van der Waals surface area contributed by atoms with E-state index in [0.29, 0.717) is 36.3 Å². The number of hydrogen-bond donors (Lipinski definition) is 0. The fourth-order valence-corrected chi connectivity index (χ4v) is 8.88. The van der Waals surface area contributed by atoms with Gasteiger partial charge in [-0.1, -0.05) is 183 Å². The number of anilines is 2. The number of rotatable bonds is 9. The van der Waals surface area contributed by atoms with Gasteiger partial charge in [0.2, 0.25) is 0 Å². The smallest absolute Gasteiger partial charge is 0.0134 e. The van der Waals surface area contributed by atoms with E-state index in [1.165, 1.54) is 49.5 Å². The van der Waals surface area contributed by atoms with Crippen molar-refractivity contribution >= 4 is 55.6 Å². The van der Waals surface area contributed by atoms with Gasteiger partial charge < -0.3 is 9.80 Å². The molecule has 2 nitrogen and oxygen atoms in total. The first-order valence-corrected chi connectivity index (χ1v) is 21.9. The Morgan fingerprint density at radius 3 is 0.922 bits per heavy atom. The fraction of sp³-hybridized carbons (Fsp3) is 0.289. The Morgan fingerprint density at radius 2 is 0.686 bits per heavy atom. The molecule has 1 heterocycles.